The Labute approximate surface area is 95.7 Å². The van der Waals surface area contributed by atoms with Crippen LogP contribution in [0.5, 0.6) is 0 Å². The van der Waals surface area contributed by atoms with E-state index in [1.807, 2.05) is 18.5 Å². The lowest BCUT2D eigenvalue weighted by atomic mass is 9.73. The van der Waals surface area contributed by atoms with Gasteiger partial charge in [0.15, 0.2) is 0 Å². The van der Waals surface area contributed by atoms with Crippen molar-refractivity contribution in [3.05, 3.63) is 30.1 Å². The molecule has 15 heavy (non-hydrogen) atoms. The molecule has 1 aromatic rings. The van der Waals surface area contributed by atoms with Gasteiger partial charge in [-0.15, -0.1) is 0 Å². The number of rotatable bonds is 3. The minimum atomic E-state index is 0.314. The number of aromatic nitrogens is 1. The molecule has 1 saturated heterocycles. The molecule has 2 rings (SSSR count). The van der Waals surface area contributed by atoms with Gasteiger partial charge in [-0.25, -0.2) is 0 Å². The topological polar surface area (TPSA) is 38.9 Å². The number of hydrogen-bond donors (Lipinski definition) is 1. The molecule has 1 aliphatic rings. The quantitative estimate of drug-likeness (QED) is 0.852. The molecule has 1 aromatic heterocycles. The Kier molecular flexibility index (Phi) is 3.65. The summed E-state index contributed by atoms with van der Waals surface area (Å²) in [5, 5.41) is 0. The molecule has 0 amide bonds. The van der Waals surface area contributed by atoms with Crippen LogP contribution < -0.4 is 5.73 Å². The first-order chi connectivity index (χ1) is 7.37. The SMILES string of the molecule is NCCC1(c2cccnc2)CCSCC1. The molecule has 1 fully saturated rings. The van der Waals surface area contributed by atoms with Gasteiger partial charge in [0.25, 0.3) is 0 Å². The van der Waals surface area contributed by atoms with Crippen molar-refractivity contribution in [2.24, 2.45) is 5.73 Å². The predicted molar refractivity (Wildman–Crippen MR) is 66.1 cm³/mol. The average Bonchev–Trinajstić information content (AvgIpc) is 2.32. The van der Waals surface area contributed by atoms with Gasteiger partial charge in [-0.2, -0.15) is 11.8 Å². The van der Waals surface area contributed by atoms with Gasteiger partial charge < -0.3 is 5.73 Å². The van der Waals surface area contributed by atoms with E-state index in [1.54, 1.807) is 0 Å². The highest BCUT2D eigenvalue weighted by molar-refractivity contribution is 7.99. The molecular weight excluding hydrogens is 204 g/mol. The summed E-state index contributed by atoms with van der Waals surface area (Å²) in [6.45, 7) is 0.777. The van der Waals surface area contributed by atoms with E-state index in [4.69, 9.17) is 5.73 Å². The van der Waals surface area contributed by atoms with Crippen molar-refractivity contribution in [2.75, 3.05) is 18.1 Å². The highest BCUT2D eigenvalue weighted by atomic mass is 32.2. The molecule has 0 spiro atoms. The van der Waals surface area contributed by atoms with E-state index >= 15 is 0 Å². The van der Waals surface area contributed by atoms with E-state index in [9.17, 15) is 0 Å². The lowest BCUT2D eigenvalue weighted by Gasteiger charge is -2.37. The van der Waals surface area contributed by atoms with Crippen LogP contribution in [0, 0.1) is 0 Å². The lowest BCUT2D eigenvalue weighted by Crippen LogP contribution is -2.33. The van der Waals surface area contributed by atoms with Gasteiger partial charge >= 0.3 is 0 Å². The van der Waals surface area contributed by atoms with Gasteiger partial charge in [0, 0.05) is 12.4 Å². The van der Waals surface area contributed by atoms with E-state index in [1.165, 1.54) is 29.9 Å². The fraction of sp³-hybridized carbons (Fsp3) is 0.583. The van der Waals surface area contributed by atoms with Crippen LogP contribution in [0.2, 0.25) is 0 Å². The van der Waals surface area contributed by atoms with Crippen LogP contribution >= 0.6 is 11.8 Å². The van der Waals surface area contributed by atoms with Crippen LogP contribution in [0.3, 0.4) is 0 Å². The Bertz CT molecular complexity index is 288. The zero-order valence-electron chi connectivity index (χ0n) is 8.98. The standard InChI is InChI=1S/C12H18N2S/c13-6-3-12(4-8-15-9-5-12)11-2-1-7-14-10-11/h1-2,7,10H,3-6,8-9,13H2. The maximum Gasteiger partial charge on any atom is 0.0305 e. The minimum Gasteiger partial charge on any atom is -0.330 e. The van der Waals surface area contributed by atoms with Gasteiger partial charge in [0.05, 0.1) is 0 Å². The number of thioether (sulfide) groups is 1. The summed E-state index contributed by atoms with van der Waals surface area (Å²) in [4.78, 5) is 4.24. The predicted octanol–water partition coefficient (Wildman–Crippen LogP) is 2.20. The Morgan fingerprint density at radius 3 is 2.80 bits per heavy atom. The molecule has 0 saturated carbocycles. The molecule has 2 nitrogen and oxygen atoms in total. The third-order valence-corrected chi connectivity index (χ3v) is 4.33. The lowest BCUT2D eigenvalue weighted by molar-refractivity contribution is 0.368. The fourth-order valence-electron chi connectivity index (χ4n) is 2.40. The monoisotopic (exact) mass is 222 g/mol. The molecule has 2 heterocycles. The number of nitrogens with zero attached hydrogens (tertiary/aromatic N) is 1. The molecule has 0 bridgehead atoms. The van der Waals surface area contributed by atoms with Gasteiger partial charge in [0.2, 0.25) is 0 Å². The zero-order valence-corrected chi connectivity index (χ0v) is 9.80. The van der Waals surface area contributed by atoms with E-state index < -0.39 is 0 Å². The average molecular weight is 222 g/mol. The minimum absolute atomic E-state index is 0.314. The molecule has 2 N–H and O–H groups in total. The van der Waals surface area contributed by atoms with Crippen LogP contribution in [0.4, 0.5) is 0 Å². The number of pyridine rings is 1. The molecule has 3 heteroatoms. The normalized spacial score (nSPS) is 20.1. The molecule has 0 unspecified atom stereocenters. The highest BCUT2D eigenvalue weighted by Crippen LogP contribution is 2.40. The largest absolute Gasteiger partial charge is 0.330 e. The second-order valence-corrected chi connectivity index (χ2v) is 5.40. The summed E-state index contributed by atoms with van der Waals surface area (Å²) in [5.41, 5.74) is 7.45. The van der Waals surface area contributed by atoms with Crippen LogP contribution in [0.15, 0.2) is 24.5 Å². The summed E-state index contributed by atoms with van der Waals surface area (Å²) < 4.78 is 0. The summed E-state index contributed by atoms with van der Waals surface area (Å²) in [6, 6.07) is 4.24. The Morgan fingerprint density at radius 1 is 1.40 bits per heavy atom. The molecule has 0 atom stereocenters. The van der Waals surface area contributed by atoms with Crippen molar-refractivity contribution in [3.8, 4) is 0 Å². The molecule has 1 aliphatic heterocycles. The summed E-state index contributed by atoms with van der Waals surface area (Å²) in [5.74, 6) is 2.52. The van der Waals surface area contributed by atoms with Crippen LogP contribution in [-0.2, 0) is 5.41 Å². The maximum atomic E-state index is 5.75. The van der Waals surface area contributed by atoms with Gasteiger partial charge in [0.1, 0.15) is 0 Å². The summed E-state index contributed by atoms with van der Waals surface area (Å²) in [7, 11) is 0. The molecule has 0 aliphatic carbocycles. The Balaban J connectivity index is 2.25. The van der Waals surface area contributed by atoms with Gasteiger partial charge in [-0.3, -0.25) is 4.98 Å². The van der Waals surface area contributed by atoms with Crippen LogP contribution in [0.1, 0.15) is 24.8 Å². The van der Waals surface area contributed by atoms with E-state index in [-0.39, 0.29) is 0 Å². The second-order valence-electron chi connectivity index (χ2n) is 4.17. The summed E-state index contributed by atoms with van der Waals surface area (Å²) >= 11 is 2.06. The Hall–Kier alpha value is -0.540. The van der Waals surface area contributed by atoms with Crippen LogP contribution in [-0.4, -0.2) is 23.0 Å². The molecule has 0 aromatic carbocycles. The van der Waals surface area contributed by atoms with E-state index in [2.05, 4.69) is 22.8 Å². The first-order valence-electron chi connectivity index (χ1n) is 5.56. The smallest absolute Gasteiger partial charge is 0.0305 e. The van der Waals surface area contributed by atoms with Crippen molar-refractivity contribution in [2.45, 2.75) is 24.7 Å². The van der Waals surface area contributed by atoms with Crippen molar-refractivity contribution in [1.29, 1.82) is 0 Å². The molecule has 82 valence electrons. The third-order valence-electron chi connectivity index (χ3n) is 3.35. The van der Waals surface area contributed by atoms with Gasteiger partial charge in [-0.1, -0.05) is 6.07 Å². The molecule has 0 radical (unpaired) electrons. The highest BCUT2D eigenvalue weighted by Gasteiger charge is 2.33. The van der Waals surface area contributed by atoms with Gasteiger partial charge in [-0.05, 0) is 54.4 Å². The first-order valence-corrected chi connectivity index (χ1v) is 6.71. The fourth-order valence-corrected chi connectivity index (χ4v) is 3.67. The maximum absolute atomic E-state index is 5.75. The Morgan fingerprint density at radius 2 is 2.20 bits per heavy atom. The van der Waals surface area contributed by atoms with Crippen molar-refractivity contribution >= 4 is 11.8 Å². The van der Waals surface area contributed by atoms with E-state index in [0.717, 1.165) is 13.0 Å². The van der Waals surface area contributed by atoms with Crippen molar-refractivity contribution in [1.82, 2.24) is 4.98 Å². The van der Waals surface area contributed by atoms with Crippen molar-refractivity contribution < 1.29 is 0 Å². The second kappa shape index (κ2) is 4.99. The number of hydrogen-bond acceptors (Lipinski definition) is 3. The summed E-state index contributed by atoms with van der Waals surface area (Å²) in [6.07, 6.45) is 7.46. The van der Waals surface area contributed by atoms with Crippen molar-refractivity contribution in [3.63, 3.8) is 0 Å². The third kappa shape index (κ3) is 2.34. The van der Waals surface area contributed by atoms with Crippen LogP contribution in [0.25, 0.3) is 0 Å². The molecular formula is C12H18N2S. The number of nitrogens with two attached hydrogens (primary N) is 1. The first kappa shape index (κ1) is 11.0. The van der Waals surface area contributed by atoms with E-state index in [0.29, 0.717) is 5.41 Å². The zero-order chi connectivity index (χ0) is 10.6.